The molecule has 2 nitrogen and oxygen atoms in total. The van der Waals surface area contributed by atoms with Crippen molar-refractivity contribution in [3.8, 4) is 0 Å². The van der Waals surface area contributed by atoms with Crippen LogP contribution in [0.1, 0.15) is 45.4 Å². The minimum absolute atomic E-state index is 1.25. The fourth-order valence-corrected chi connectivity index (χ4v) is 2.75. The number of thioether (sulfide) groups is 1. The van der Waals surface area contributed by atoms with E-state index in [2.05, 4.69) is 44.6 Å². The van der Waals surface area contributed by atoms with E-state index in [9.17, 15) is 0 Å². The smallest absolute Gasteiger partial charge is 0.262 e. The molecule has 3 heteroatoms. The highest BCUT2D eigenvalue weighted by molar-refractivity contribution is 8.13. The van der Waals surface area contributed by atoms with Crippen molar-refractivity contribution in [1.82, 2.24) is 4.90 Å². The molecule has 0 bridgehead atoms. The summed E-state index contributed by atoms with van der Waals surface area (Å²) in [4.78, 5) is 2.20. The molecule has 0 N–H and O–H groups in total. The van der Waals surface area contributed by atoms with Crippen LogP contribution >= 0.6 is 11.8 Å². The third kappa shape index (κ3) is 8.03. The van der Waals surface area contributed by atoms with Crippen LogP contribution in [0.25, 0.3) is 0 Å². The van der Waals surface area contributed by atoms with Gasteiger partial charge in [0, 0.05) is 5.75 Å². The van der Waals surface area contributed by atoms with Crippen molar-refractivity contribution in [3.63, 3.8) is 0 Å². The average Bonchev–Trinajstić information content (AvgIpc) is 2.21. The SMILES string of the molecule is CCCCCCCCSC(N(C)C)=[N+](C)C. The van der Waals surface area contributed by atoms with Crippen molar-refractivity contribution in [2.75, 3.05) is 33.9 Å². The Morgan fingerprint density at radius 1 is 1.00 bits per heavy atom. The van der Waals surface area contributed by atoms with Crippen molar-refractivity contribution in [3.05, 3.63) is 0 Å². The molecule has 0 aromatic rings. The molecule has 0 saturated carbocycles. The van der Waals surface area contributed by atoms with Crippen LogP contribution in [0.5, 0.6) is 0 Å². The first kappa shape index (κ1) is 15.8. The van der Waals surface area contributed by atoms with E-state index in [1.165, 1.54) is 49.4 Å². The van der Waals surface area contributed by atoms with Crippen LogP contribution < -0.4 is 0 Å². The molecule has 0 aliphatic carbocycles. The highest BCUT2D eigenvalue weighted by Gasteiger charge is 2.11. The third-order valence-electron chi connectivity index (χ3n) is 2.49. The molecule has 0 saturated heterocycles. The maximum Gasteiger partial charge on any atom is 0.307 e. The molecular formula is C13H29N2S+. The van der Waals surface area contributed by atoms with Crippen LogP contribution in [0.2, 0.25) is 0 Å². The van der Waals surface area contributed by atoms with E-state index in [0.717, 1.165) is 0 Å². The van der Waals surface area contributed by atoms with Gasteiger partial charge in [-0.3, -0.25) is 9.48 Å². The Morgan fingerprint density at radius 3 is 2.06 bits per heavy atom. The molecule has 16 heavy (non-hydrogen) atoms. The van der Waals surface area contributed by atoms with Crippen molar-refractivity contribution in [2.24, 2.45) is 0 Å². The van der Waals surface area contributed by atoms with Gasteiger partial charge in [0.25, 0.3) is 0 Å². The molecule has 0 heterocycles. The highest BCUT2D eigenvalue weighted by atomic mass is 32.2. The van der Waals surface area contributed by atoms with E-state index in [4.69, 9.17) is 0 Å². The normalized spacial score (nSPS) is 10.3. The lowest BCUT2D eigenvalue weighted by Gasteiger charge is -2.10. The Hall–Kier alpha value is -0.180. The Labute approximate surface area is 106 Å². The molecule has 0 radical (unpaired) electrons. The number of unbranched alkanes of at least 4 members (excludes halogenated alkanes) is 5. The zero-order chi connectivity index (χ0) is 12.4. The second kappa shape index (κ2) is 10.0. The lowest BCUT2D eigenvalue weighted by atomic mass is 10.1. The quantitative estimate of drug-likeness (QED) is 0.294. The predicted octanol–water partition coefficient (Wildman–Crippen LogP) is 3.27. The van der Waals surface area contributed by atoms with Crippen molar-refractivity contribution < 1.29 is 4.58 Å². The minimum Gasteiger partial charge on any atom is -0.262 e. The largest absolute Gasteiger partial charge is 0.307 e. The van der Waals surface area contributed by atoms with Crippen LogP contribution in [0.3, 0.4) is 0 Å². The summed E-state index contributed by atoms with van der Waals surface area (Å²) in [7, 11) is 8.46. The van der Waals surface area contributed by atoms with Crippen LogP contribution in [0.15, 0.2) is 0 Å². The number of hydrogen-bond donors (Lipinski definition) is 0. The number of nitrogens with zero attached hydrogens (tertiary/aromatic N) is 2. The molecular weight excluding hydrogens is 216 g/mol. The molecule has 0 atom stereocenters. The van der Waals surface area contributed by atoms with E-state index in [-0.39, 0.29) is 0 Å². The monoisotopic (exact) mass is 245 g/mol. The number of rotatable bonds is 7. The van der Waals surface area contributed by atoms with Gasteiger partial charge in [0.05, 0.1) is 28.2 Å². The van der Waals surface area contributed by atoms with Gasteiger partial charge in [0.2, 0.25) is 0 Å². The first-order valence-electron chi connectivity index (χ1n) is 6.44. The summed E-state index contributed by atoms with van der Waals surface area (Å²) < 4.78 is 2.20. The zero-order valence-electron chi connectivity index (χ0n) is 11.8. The molecule has 0 amide bonds. The van der Waals surface area contributed by atoms with Crippen LogP contribution in [-0.4, -0.2) is 48.6 Å². The maximum absolute atomic E-state index is 2.27. The Bertz CT molecular complexity index is 196. The molecule has 0 aliphatic heterocycles. The Morgan fingerprint density at radius 2 is 1.56 bits per heavy atom. The van der Waals surface area contributed by atoms with E-state index in [1.54, 1.807) is 0 Å². The van der Waals surface area contributed by atoms with Crippen molar-refractivity contribution in [1.29, 1.82) is 0 Å². The lowest BCUT2D eigenvalue weighted by molar-refractivity contribution is -0.466. The fraction of sp³-hybridized carbons (Fsp3) is 0.923. The zero-order valence-corrected chi connectivity index (χ0v) is 12.6. The molecule has 0 fully saturated rings. The van der Waals surface area contributed by atoms with Gasteiger partial charge in [-0.1, -0.05) is 39.0 Å². The third-order valence-corrected chi connectivity index (χ3v) is 3.98. The van der Waals surface area contributed by atoms with Crippen molar-refractivity contribution in [2.45, 2.75) is 45.4 Å². The Kier molecular flexibility index (Phi) is 9.89. The number of amidine groups is 1. The van der Waals surface area contributed by atoms with Gasteiger partial charge in [0.15, 0.2) is 0 Å². The first-order valence-corrected chi connectivity index (χ1v) is 7.42. The highest BCUT2D eigenvalue weighted by Crippen LogP contribution is 2.11. The van der Waals surface area contributed by atoms with Crippen LogP contribution in [0.4, 0.5) is 0 Å². The molecule has 0 unspecified atom stereocenters. The van der Waals surface area contributed by atoms with Gasteiger partial charge < -0.3 is 0 Å². The molecule has 0 aliphatic rings. The minimum atomic E-state index is 1.25. The van der Waals surface area contributed by atoms with Gasteiger partial charge >= 0.3 is 5.17 Å². The van der Waals surface area contributed by atoms with Crippen LogP contribution in [-0.2, 0) is 0 Å². The van der Waals surface area contributed by atoms with Gasteiger partial charge in [-0.15, -0.1) is 0 Å². The second-order valence-corrected chi connectivity index (χ2v) is 5.75. The maximum atomic E-state index is 2.27. The van der Waals surface area contributed by atoms with Crippen LogP contribution in [0, 0.1) is 0 Å². The fourth-order valence-electron chi connectivity index (χ4n) is 1.70. The van der Waals surface area contributed by atoms with Gasteiger partial charge in [0.1, 0.15) is 0 Å². The van der Waals surface area contributed by atoms with Gasteiger partial charge in [-0.05, 0) is 18.2 Å². The van der Waals surface area contributed by atoms with Gasteiger partial charge in [-0.2, -0.15) is 0 Å². The standard InChI is InChI=1S/C13H29N2S/c1-6-7-8-9-10-11-12-16-13(14(2)3)15(4)5/h6-12H2,1-5H3/q+1. The van der Waals surface area contributed by atoms with E-state index < -0.39 is 0 Å². The molecule has 0 aromatic carbocycles. The second-order valence-electron chi connectivity index (χ2n) is 4.69. The van der Waals surface area contributed by atoms with E-state index >= 15 is 0 Å². The summed E-state index contributed by atoms with van der Waals surface area (Å²) in [6.07, 6.45) is 8.31. The molecule has 96 valence electrons. The summed E-state index contributed by atoms with van der Waals surface area (Å²) in [6.45, 7) is 2.27. The lowest BCUT2D eigenvalue weighted by Crippen LogP contribution is -2.26. The summed E-state index contributed by atoms with van der Waals surface area (Å²) in [5.41, 5.74) is 0. The van der Waals surface area contributed by atoms with E-state index in [1.807, 2.05) is 11.8 Å². The first-order chi connectivity index (χ1) is 7.59. The summed E-state index contributed by atoms with van der Waals surface area (Å²) >= 11 is 1.97. The van der Waals surface area contributed by atoms with E-state index in [0.29, 0.717) is 0 Å². The summed E-state index contributed by atoms with van der Waals surface area (Å²) in [5, 5.41) is 1.36. The van der Waals surface area contributed by atoms with Crippen molar-refractivity contribution >= 4 is 16.9 Å². The number of hydrogen-bond acceptors (Lipinski definition) is 1. The summed E-state index contributed by atoms with van der Waals surface area (Å²) in [5.74, 6) is 1.25. The molecule has 0 rings (SSSR count). The molecule has 0 aromatic heterocycles. The topological polar surface area (TPSA) is 6.25 Å². The average molecular weight is 245 g/mol. The Balaban J connectivity index is 3.54. The predicted molar refractivity (Wildman–Crippen MR) is 76.6 cm³/mol. The van der Waals surface area contributed by atoms with Gasteiger partial charge in [-0.25, -0.2) is 0 Å². The molecule has 0 spiro atoms. The summed E-state index contributed by atoms with van der Waals surface area (Å²) in [6, 6.07) is 0.